The monoisotopic (exact) mass is 416 g/mol. The van der Waals surface area contributed by atoms with E-state index in [1.165, 1.54) is 0 Å². The second-order valence-corrected chi connectivity index (χ2v) is 5.48. The van der Waals surface area contributed by atoms with Crippen LogP contribution in [0.2, 0.25) is 0 Å². The second-order valence-electron chi connectivity index (χ2n) is 4.60. The minimum Gasteiger partial charge on any atom is -0.394 e. The number of aromatic amines is 1. The van der Waals surface area contributed by atoms with Crippen molar-refractivity contribution >= 4 is 22.6 Å². The molecule has 0 saturated carbocycles. The van der Waals surface area contributed by atoms with E-state index in [4.69, 9.17) is 9.84 Å². The van der Waals surface area contributed by atoms with Crippen LogP contribution in [-0.2, 0) is 4.74 Å². The highest BCUT2D eigenvalue weighted by molar-refractivity contribution is 14.1. The molecule has 2 rings (SSSR count). The lowest BCUT2D eigenvalue weighted by Crippen LogP contribution is -2.38. The van der Waals surface area contributed by atoms with Gasteiger partial charge in [-0.2, -0.15) is 0 Å². The molecule has 2 heterocycles. The molecule has 5 atom stereocenters. The summed E-state index contributed by atoms with van der Waals surface area (Å²) in [7, 11) is 0. The number of hydrogen-bond donors (Lipinski definition) is 4. The van der Waals surface area contributed by atoms with Gasteiger partial charge in [0.2, 0.25) is 0 Å². The van der Waals surface area contributed by atoms with Crippen molar-refractivity contribution in [1.29, 1.82) is 0 Å². The first-order valence-corrected chi connectivity index (χ1v) is 7.61. The maximum Gasteiger partial charge on any atom is 0.330 e. The molecular weight excluding hydrogens is 402 g/mol. The van der Waals surface area contributed by atoms with Crippen molar-refractivity contribution in [2.24, 2.45) is 0 Å². The maximum absolute atomic E-state index is 14.0. The van der Waals surface area contributed by atoms with Crippen LogP contribution in [0.3, 0.4) is 0 Å². The van der Waals surface area contributed by atoms with Gasteiger partial charge in [0.15, 0.2) is 12.4 Å². The molecule has 1 fully saturated rings. The number of ether oxygens (including phenoxy) is 1. The summed E-state index contributed by atoms with van der Waals surface area (Å²) in [5.41, 5.74) is -1.81. The lowest BCUT2D eigenvalue weighted by molar-refractivity contribution is -0.0494. The molecule has 1 aromatic heterocycles. The third-order valence-electron chi connectivity index (χ3n) is 3.25. The molecule has 8 nitrogen and oxygen atoms in total. The molecule has 118 valence electrons. The van der Waals surface area contributed by atoms with Crippen LogP contribution < -0.4 is 11.2 Å². The van der Waals surface area contributed by atoms with Crippen molar-refractivity contribution in [3.63, 3.8) is 0 Å². The molecule has 10 heteroatoms. The predicted octanol–water partition coefficient (Wildman–Crippen LogP) is -1.41. The number of nitrogens with zero attached hydrogens (tertiary/aromatic N) is 1. The Balaban J connectivity index is 2.45. The van der Waals surface area contributed by atoms with Crippen molar-refractivity contribution in [3.8, 4) is 0 Å². The van der Waals surface area contributed by atoms with E-state index in [0.29, 0.717) is 0 Å². The first-order chi connectivity index (χ1) is 9.90. The minimum absolute atomic E-state index is 0.110. The van der Waals surface area contributed by atoms with Gasteiger partial charge >= 0.3 is 5.69 Å². The average molecular weight is 416 g/mol. The van der Waals surface area contributed by atoms with Crippen molar-refractivity contribution < 1.29 is 24.4 Å². The van der Waals surface area contributed by atoms with Crippen LogP contribution in [0.15, 0.2) is 15.8 Å². The number of aliphatic hydroxyl groups is 3. The average Bonchev–Trinajstić information content (AvgIpc) is 2.74. The SMILES string of the molecule is O=c1[nH]c(=O)n([C@@H]2O[C@H](CO)[C@@H](O)[C@H]2F)cc1C(O)CI. The van der Waals surface area contributed by atoms with Crippen LogP contribution in [-0.4, -0.2) is 54.3 Å². The Morgan fingerprint density at radius 1 is 1.52 bits per heavy atom. The lowest BCUT2D eigenvalue weighted by atomic mass is 10.1. The van der Waals surface area contributed by atoms with E-state index in [1.54, 1.807) is 0 Å². The van der Waals surface area contributed by atoms with E-state index in [2.05, 4.69) is 0 Å². The van der Waals surface area contributed by atoms with Crippen LogP contribution in [0.5, 0.6) is 0 Å². The van der Waals surface area contributed by atoms with Gasteiger partial charge in [-0.3, -0.25) is 14.3 Å². The van der Waals surface area contributed by atoms with Crippen LogP contribution in [0, 0.1) is 0 Å². The Hall–Kier alpha value is -0.820. The van der Waals surface area contributed by atoms with E-state index in [1.807, 2.05) is 27.6 Å². The summed E-state index contributed by atoms with van der Waals surface area (Å²) in [5, 5.41) is 28.3. The van der Waals surface area contributed by atoms with Gasteiger partial charge < -0.3 is 20.1 Å². The van der Waals surface area contributed by atoms with E-state index in [-0.39, 0.29) is 9.99 Å². The van der Waals surface area contributed by atoms with Gasteiger partial charge in [0.25, 0.3) is 5.56 Å². The first kappa shape index (κ1) is 16.5. The summed E-state index contributed by atoms with van der Waals surface area (Å²) in [4.78, 5) is 25.4. The lowest BCUT2D eigenvalue weighted by Gasteiger charge is -2.17. The summed E-state index contributed by atoms with van der Waals surface area (Å²) in [6.07, 6.45) is -6.30. The first-order valence-electron chi connectivity index (χ1n) is 6.08. The second kappa shape index (κ2) is 6.52. The number of aromatic nitrogens is 2. The van der Waals surface area contributed by atoms with Gasteiger partial charge in [-0.05, 0) is 0 Å². The van der Waals surface area contributed by atoms with E-state index in [0.717, 1.165) is 10.8 Å². The zero-order valence-corrected chi connectivity index (χ0v) is 12.8. The fourth-order valence-electron chi connectivity index (χ4n) is 2.09. The zero-order valence-electron chi connectivity index (χ0n) is 10.6. The Kier molecular flexibility index (Phi) is 5.14. The highest BCUT2D eigenvalue weighted by Crippen LogP contribution is 2.30. The molecule has 1 aliphatic heterocycles. The van der Waals surface area contributed by atoms with Crippen molar-refractivity contribution in [2.75, 3.05) is 11.0 Å². The predicted molar refractivity (Wildman–Crippen MR) is 77.1 cm³/mol. The number of H-pyrrole nitrogens is 1. The number of alkyl halides is 2. The topological polar surface area (TPSA) is 125 Å². The minimum atomic E-state index is -1.95. The zero-order chi connectivity index (χ0) is 15.7. The van der Waals surface area contributed by atoms with Crippen molar-refractivity contribution in [1.82, 2.24) is 9.55 Å². The van der Waals surface area contributed by atoms with E-state index < -0.39 is 48.6 Å². The van der Waals surface area contributed by atoms with Crippen LogP contribution in [0.1, 0.15) is 17.9 Å². The van der Waals surface area contributed by atoms with Crippen LogP contribution >= 0.6 is 22.6 Å². The molecule has 0 radical (unpaired) electrons. The standard InChI is InChI=1S/C11H14FIN2O6/c12-7-8(18)6(3-16)21-10(7)15-2-4(5(17)1-13)9(19)14-11(15)20/h2,5-8,10,16-18H,1,3H2,(H,14,19,20)/t5?,6-,7-,8-,10-/m1/s1. The Labute approximate surface area is 131 Å². The van der Waals surface area contributed by atoms with Gasteiger partial charge in [0, 0.05) is 10.6 Å². The van der Waals surface area contributed by atoms with Crippen LogP contribution in [0.25, 0.3) is 0 Å². The highest BCUT2D eigenvalue weighted by Gasteiger charge is 2.45. The third kappa shape index (κ3) is 3.04. The normalized spacial score (nSPS) is 30.5. The summed E-state index contributed by atoms with van der Waals surface area (Å²) in [5.74, 6) is 0. The molecule has 0 bridgehead atoms. The molecule has 0 amide bonds. The number of nitrogens with one attached hydrogen (secondary N) is 1. The van der Waals surface area contributed by atoms with Crippen molar-refractivity contribution in [2.45, 2.75) is 30.7 Å². The molecule has 4 N–H and O–H groups in total. The van der Waals surface area contributed by atoms with Crippen LogP contribution in [0.4, 0.5) is 4.39 Å². The number of hydrogen-bond acceptors (Lipinski definition) is 6. The quantitative estimate of drug-likeness (QED) is 0.354. The smallest absolute Gasteiger partial charge is 0.330 e. The summed E-state index contributed by atoms with van der Waals surface area (Å²) < 4.78 is 20.1. The summed E-state index contributed by atoms with van der Waals surface area (Å²) >= 11 is 1.85. The number of rotatable bonds is 4. The fourth-order valence-corrected chi connectivity index (χ4v) is 2.56. The molecule has 0 aromatic carbocycles. The molecule has 1 aromatic rings. The molecule has 0 spiro atoms. The van der Waals surface area contributed by atoms with Gasteiger partial charge in [-0.25, -0.2) is 9.18 Å². The summed E-state index contributed by atoms with van der Waals surface area (Å²) in [6, 6.07) is 0. The molecule has 0 aliphatic carbocycles. The molecule has 21 heavy (non-hydrogen) atoms. The van der Waals surface area contributed by atoms with Gasteiger partial charge in [0.05, 0.1) is 18.3 Å². The third-order valence-corrected chi connectivity index (χ3v) is 4.08. The Morgan fingerprint density at radius 2 is 2.19 bits per heavy atom. The fraction of sp³-hybridized carbons (Fsp3) is 0.636. The molecule has 1 aliphatic rings. The van der Waals surface area contributed by atoms with Gasteiger partial charge in [-0.1, -0.05) is 22.6 Å². The Morgan fingerprint density at radius 3 is 2.71 bits per heavy atom. The largest absolute Gasteiger partial charge is 0.394 e. The number of halogens is 2. The van der Waals surface area contributed by atoms with E-state index >= 15 is 0 Å². The van der Waals surface area contributed by atoms with Gasteiger partial charge in [-0.15, -0.1) is 0 Å². The number of aliphatic hydroxyl groups excluding tert-OH is 3. The molecule has 1 saturated heterocycles. The maximum atomic E-state index is 14.0. The Bertz CT molecular complexity index is 619. The van der Waals surface area contributed by atoms with Gasteiger partial charge in [0.1, 0.15) is 12.2 Å². The van der Waals surface area contributed by atoms with E-state index in [9.17, 15) is 24.2 Å². The molecular formula is C11H14FIN2O6. The van der Waals surface area contributed by atoms with Crippen molar-refractivity contribution in [3.05, 3.63) is 32.6 Å². The summed E-state index contributed by atoms with van der Waals surface area (Å²) in [6.45, 7) is -0.612. The molecule has 1 unspecified atom stereocenters. The highest BCUT2D eigenvalue weighted by atomic mass is 127.